The molecule has 246 valence electrons. The third kappa shape index (κ3) is 5.93. The average Bonchev–Trinajstić information content (AvgIpc) is 3.85. The fourth-order valence-corrected chi connectivity index (χ4v) is 6.24. The van der Waals surface area contributed by atoms with Gasteiger partial charge in [0.25, 0.3) is 5.91 Å². The third-order valence-electron chi connectivity index (χ3n) is 8.78. The Morgan fingerprint density at radius 3 is 2.25 bits per heavy atom. The summed E-state index contributed by atoms with van der Waals surface area (Å²) in [4.78, 5) is 54.1. The molecule has 6 rings (SSSR count). The molecule has 5 aromatic rings. The van der Waals surface area contributed by atoms with Crippen molar-refractivity contribution in [2.24, 2.45) is 11.5 Å². The molecule has 1 unspecified atom stereocenters. The van der Waals surface area contributed by atoms with Gasteiger partial charge in [0.05, 0.1) is 36.4 Å². The molecule has 13 heteroatoms. The number of aromatic nitrogens is 4. The molecule has 0 radical (unpaired) electrons. The molecule has 0 aliphatic carbocycles. The van der Waals surface area contributed by atoms with Crippen molar-refractivity contribution in [1.82, 2.24) is 24.8 Å². The number of rotatable bonds is 9. The van der Waals surface area contributed by atoms with Crippen LogP contribution in [0.25, 0.3) is 33.6 Å². The third-order valence-corrected chi connectivity index (χ3v) is 8.78. The highest BCUT2D eigenvalue weighted by molar-refractivity contribution is 5.89. The molecule has 3 aromatic carbocycles. The standard InChI is InChI=1S/C35H35N7O6/c1-34(16-7-17-42(34)30(43)35(2,48-32(37)45)24-8-5-4-6-9-24)29-38-20-27(40-29)25-18-23(14-15-28(25)46-3)21-10-12-22(13-11-21)26-19-39-33(41-26)47-31(36)44/h4-6,8-15,18-20H,7,16-17H2,1-3H3,(H2,36,44)(H2,37,45)(H,38,40)(H,39,41)/t34?,35-/m1/s1. The maximum atomic E-state index is 14.2. The summed E-state index contributed by atoms with van der Waals surface area (Å²) in [6.45, 7) is 3.96. The zero-order valence-corrected chi connectivity index (χ0v) is 26.7. The number of hydrogen-bond donors (Lipinski definition) is 4. The quantitative estimate of drug-likeness (QED) is 0.162. The molecule has 1 aliphatic rings. The fraction of sp³-hybridized carbons (Fsp3) is 0.229. The van der Waals surface area contributed by atoms with Gasteiger partial charge in [0.1, 0.15) is 11.6 Å². The van der Waals surface area contributed by atoms with E-state index in [0.717, 1.165) is 28.7 Å². The van der Waals surface area contributed by atoms with Crippen molar-refractivity contribution in [2.45, 2.75) is 37.8 Å². The van der Waals surface area contributed by atoms with E-state index in [-0.39, 0.29) is 11.9 Å². The zero-order valence-electron chi connectivity index (χ0n) is 26.7. The molecular formula is C35H35N7O6. The molecule has 0 saturated carbocycles. The number of aromatic amines is 2. The highest BCUT2D eigenvalue weighted by atomic mass is 16.6. The van der Waals surface area contributed by atoms with Crippen LogP contribution in [-0.2, 0) is 20.7 Å². The van der Waals surface area contributed by atoms with E-state index < -0.39 is 23.3 Å². The van der Waals surface area contributed by atoms with Crippen LogP contribution in [-0.4, -0.2) is 56.6 Å². The normalized spacial score (nSPS) is 17.0. The number of primary amides is 2. The molecule has 3 amide bonds. The number of carbonyl (C=O) groups excluding carboxylic acids is 3. The number of H-pyrrole nitrogens is 2. The van der Waals surface area contributed by atoms with Crippen molar-refractivity contribution in [3.63, 3.8) is 0 Å². The molecule has 0 bridgehead atoms. The van der Waals surface area contributed by atoms with Gasteiger partial charge in [0.2, 0.25) is 5.60 Å². The summed E-state index contributed by atoms with van der Waals surface area (Å²) in [7, 11) is 1.60. The van der Waals surface area contributed by atoms with E-state index in [1.54, 1.807) is 55.6 Å². The van der Waals surface area contributed by atoms with Crippen molar-refractivity contribution in [3.8, 4) is 45.4 Å². The van der Waals surface area contributed by atoms with Crippen LogP contribution in [0, 0.1) is 0 Å². The summed E-state index contributed by atoms with van der Waals surface area (Å²) in [6, 6.07) is 22.5. The highest BCUT2D eigenvalue weighted by Gasteiger charge is 2.51. The Morgan fingerprint density at radius 2 is 1.56 bits per heavy atom. The number of nitrogens with two attached hydrogens (primary N) is 2. The second-order valence-corrected chi connectivity index (χ2v) is 11.8. The molecule has 2 aromatic heterocycles. The Labute approximate surface area is 276 Å². The maximum Gasteiger partial charge on any atom is 0.412 e. The second kappa shape index (κ2) is 12.6. The van der Waals surface area contributed by atoms with E-state index >= 15 is 0 Å². The number of nitrogens with one attached hydrogen (secondary N) is 2. The number of imidazole rings is 2. The van der Waals surface area contributed by atoms with Crippen molar-refractivity contribution >= 4 is 18.1 Å². The van der Waals surface area contributed by atoms with Crippen molar-refractivity contribution in [1.29, 1.82) is 0 Å². The number of benzene rings is 3. The minimum Gasteiger partial charge on any atom is -0.496 e. The Kier molecular flexibility index (Phi) is 8.36. The lowest BCUT2D eigenvalue weighted by Crippen LogP contribution is -2.53. The SMILES string of the molecule is COc1ccc(-c2ccc(-c3cnc(OC(N)=O)[nH]3)cc2)cc1-c1cnc(C2(C)CCCN2C(=O)[C@](C)(OC(N)=O)c2ccccc2)[nH]1. The van der Waals surface area contributed by atoms with E-state index in [0.29, 0.717) is 41.5 Å². The van der Waals surface area contributed by atoms with Gasteiger partial charge in [-0.15, -0.1) is 0 Å². The maximum absolute atomic E-state index is 14.2. The smallest absolute Gasteiger partial charge is 0.412 e. The molecule has 2 atom stereocenters. The Morgan fingerprint density at radius 1 is 0.875 bits per heavy atom. The molecule has 0 spiro atoms. The molecule has 13 nitrogen and oxygen atoms in total. The largest absolute Gasteiger partial charge is 0.496 e. The minimum absolute atomic E-state index is 0.0171. The van der Waals surface area contributed by atoms with Crippen LogP contribution in [0.5, 0.6) is 11.8 Å². The summed E-state index contributed by atoms with van der Waals surface area (Å²) >= 11 is 0. The molecule has 48 heavy (non-hydrogen) atoms. The van der Waals surface area contributed by atoms with Crippen LogP contribution >= 0.6 is 0 Å². The number of methoxy groups -OCH3 is 1. The molecular weight excluding hydrogens is 614 g/mol. The van der Waals surface area contributed by atoms with Crippen LogP contribution in [0.4, 0.5) is 9.59 Å². The lowest BCUT2D eigenvalue weighted by atomic mass is 9.91. The zero-order chi connectivity index (χ0) is 34.1. The van der Waals surface area contributed by atoms with Crippen molar-refractivity contribution < 1.29 is 28.6 Å². The summed E-state index contributed by atoms with van der Waals surface area (Å²) in [5, 5.41) is 0. The number of nitrogens with zero attached hydrogens (tertiary/aromatic N) is 3. The van der Waals surface area contributed by atoms with E-state index in [4.69, 9.17) is 30.7 Å². The molecule has 1 fully saturated rings. The van der Waals surface area contributed by atoms with E-state index in [1.165, 1.54) is 0 Å². The number of carbonyl (C=O) groups is 3. The monoisotopic (exact) mass is 649 g/mol. The molecule has 1 aliphatic heterocycles. The van der Waals surface area contributed by atoms with Crippen molar-refractivity contribution in [2.75, 3.05) is 13.7 Å². The Balaban J connectivity index is 1.29. The van der Waals surface area contributed by atoms with Gasteiger partial charge in [-0.1, -0.05) is 60.7 Å². The van der Waals surface area contributed by atoms with E-state index in [1.807, 2.05) is 55.5 Å². The summed E-state index contributed by atoms with van der Waals surface area (Å²) < 4.78 is 16.0. The first-order chi connectivity index (χ1) is 23.0. The van der Waals surface area contributed by atoms with Crippen LogP contribution in [0.15, 0.2) is 85.2 Å². The Bertz CT molecular complexity index is 1970. The predicted molar refractivity (Wildman–Crippen MR) is 177 cm³/mol. The van der Waals surface area contributed by atoms with Crippen LogP contribution in [0.1, 0.15) is 38.1 Å². The summed E-state index contributed by atoms with van der Waals surface area (Å²) in [5.41, 5.74) is 13.5. The van der Waals surface area contributed by atoms with Gasteiger partial charge in [-0.25, -0.2) is 19.6 Å². The van der Waals surface area contributed by atoms with Crippen molar-refractivity contribution in [3.05, 3.63) is 96.6 Å². The van der Waals surface area contributed by atoms with Crippen LogP contribution in [0.2, 0.25) is 0 Å². The van der Waals surface area contributed by atoms with Gasteiger partial charge in [0, 0.05) is 17.7 Å². The lowest BCUT2D eigenvalue weighted by Gasteiger charge is -2.39. The fourth-order valence-electron chi connectivity index (χ4n) is 6.24. The number of ether oxygens (including phenoxy) is 3. The first-order valence-electron chi connectivity index (χ1n) is 15.2. The van der Waals surface area contributed by atoms with Crippen LogP contribution < -0.4 is 20.9 Å². The van der Waals surface area contributed by atoms with E-state index in [9.17, 15) is 14.4 Å². The van der Waals surface area contributed by atoms with Gasteiger partial charge in [0.15, 0.2) is 0 Å². The summed E-state index contributed by atoms with van der Waals surface area (Å²) in [5.74, 6) is 0.843. The second-order valence-electron chi connectivity index (χ2n) is 11.8. The molecule has 6 N–H and O–H groups in total. The van der Waals surface area contributed by atoms with Gasteiger partial charge in [-0.2, -0.15) is 0 Å². The molecule has 1 saturated heterocycles. The van der Waals surface area contributed by atoms with Gasteiger partial charge >= 0.3 is 18.2 Å². The Hall–Kier alpha value is -6.11. The highest BCUT2D eigenvalue weighted by Crippen LogP contribution is 2.42. The minimum atomic E-state index is -1.63. The van der Waals surface area contributed by atoms with Gasteiger partial charge in [-0.3, -0.25) is 4.79 Å². The summed E-state index contributed by atoms with van der Waals surface area (Å²) in [6.07, 6.45) is 2.67. The van der Waals surface area contributed by atoms with Gasteiger partial charge < -0.3 is 40.5 Å². The number of hydrogen-bond acceptors (Lipinski definition) is 8. The molecule has 3 heterocycles. The number of likely N-dealkylation sites (tertiary alicyclic amines) is 1. The van der Waals surface area contributed by atoms with Crippen LogP contribution in [0.3, 0.4) is 0 Å². The lowest BCUT2D eigenvalue weighted by molar-refractivity contribution is -0.155. The first kappa shape index (κ1) is 31.9. The van der Waals surface area contributed by atoms with Gasteiger partial charge in [-0.05, 0) is 55.5 Å². The predicted octanol–water partition coefficient (Wildman–Crippen LogP) is 5.45. The number of amides is 3. The van der Waals surface area contributed by atoms with E-state index in [2.05, 4.69) is 15.0 Å². The first-order valence-corrected chi connectivity index (χ1v) is 15.2. The topological polar surface area (TPSA) is 192 Å². The average molecular weight is 650 g/mol.